The number of likely N-dealkylation sites (tertiary alicyclic amines) is 2. The molecule has 2 fully saturated rings. The van der Waals surface area contributed by atoms with Gasteiger partial charge in [0.15, 0.2) is 0 Å². The Bertz CT molecular complexity index is 446. The summed E-state index contributed by atoms with van der Waals surface area (Å²) >= 11 is 0. The number of aliphatic hydroxyl groups is 2. The molecule has 6 nitrogen and oxygen atoms in total. The summed E-state index contributed by atoms with van der Waals surface area (Å²) in [5.74, 6) is 0.279. The molecule has 0 radical (unpaired) electrons. The Kier molecular flexibility index (Phi) is 4.74. The van der Waals surface area contributed by atoms with Crippen LogP contribution >= 0.6 is 0 Å². The molecule has 6 heteroatoms. The Hall–Kier alpha value is -0.850. The van der Waals surface area contributed by atoms with Gasteiger partial charge in [-0.15, -0.1) is 0 Å². The number of nitrogens with zero attached hydrogens (tertiary/aromatic N) is 2. The van der Waals surface area contributed by atoms with Crippen LogP contribution in [0, 0.1) is 11.8 Å². The summed E-state index contributed by atoms with van der Waals surface area (Å²) in [5.41, 5.74) is -1.97. The third-order valence-corrected chi connectivity index (χ3v) is 5.10. The lowest BCUT2D eigenvalue weighted by Crippen LogP contribution is -2.70. The molecule has 0 aromatic rings. The standard InChI is InChI=1S/C17H32N2O4/c1-12(2)16(21)8-18(9-16)7-13(3)17(22)10-19(11-17)14(20)23-15(4,5)6/h12-13,21-22H,7-11H2,1-6H3. The van der Waals surface area contributed by atoms with E-state index in [1.54, 1.807) is 4.90 Å². The molecule has 2 heterocycles. The van der Waals surface area contributed by atoms with Crippen molar-refractivity contribution in [3.8, 4) is 0 Å². The van der Waals surface area contributed by atoms with E-state index >= 15 is 0 Å². The summed E-state index contributed by atoms with van der Waals surface area (Å²) in [6.45, 7) is 14.2. The van der Waals surface area contributed by atoms with Gasteiger partial charge in [-0.25, -0.2) is 4.79 Å². The first kappa shape index (κ1) is 18.5. The van der Waals surface area contributed by atoms with Crippen LogP contribution in [0.4, 0.5) is 4.79 Å². The van der Waals surface area contributed by atoms with E-state index in [4.69, 9.17) is 4.74 Å². The molecule has 2 aliphatic heterocycles. The van der Waals surface area contributed by atoms with Crippen LogP contribution in [0.25, 0.3) is 0 Å². The van der Waals surface area contributed by atoms with Crippen molar-refractivity contribution in [1.29, 1.82) is 0 Å². The molecule has 2 saturated heterocycles. The van der Waals surface area contributed by atoms with Crippen LogP contribution < -0.4 is 0 Å². The Morgan fingerprint density at radius 3 is 2.04 bits per heavy atom. The number of hydrogen-bond acceptors (Lipinski definition) is 5. The van der Waals surface area contributed by atoms with Crippen LogP contribution in [0.15, 0.2) is 0 Å². The van der Waals surface area contributed by atoms with Gasteiger partial charge in [-0.2, -0.15) is 0 Å². The van der Waals surface area contributed by atoms with Gasteiger partial charge in [-0.1, -0.05) is 20.8 Å². The first-order valence-electron chi connectivity index (χ1n) is 8.50. The second-order valence-electron chi connectivity index (χ2n) is 8.77. The quantitative estimate of drug-likeness (QED) is 0.814. The normalized spacial score (nSPS) is 24.8. The predicted molar refractivity (Wildman–Crippen MR) is 88.1 cm³/mol. The first-order chi connectivity index (χ1) is 10.3. The minimum atomic E-state index is -0.859. The van der Waals surface area contributed by atoms with Gasteiger partial charge in [0.2, 0.25) is 0 Å². The van der Waals surface area contributed by atoms with Crippen molar-refractivity contribution < 1.29 is 19.7 Å². The number of β-amino-alcohol motifs (C(OH)–C–C–N with tert-alkyl or cyclic N) is 2. The van der Waals surface area contributed by atoms with Crippen molar-refractivity contribution in [1.82, 2.24) is 9.80 Å². The Morgan fingerprint density at radius 1 is 1.09 bits per heavy atom. The highest BCUT2D eigenvalue weighted by atomic mass is 16.6. The monoisotopic (exact) mass is 328 g/mol. The molecule has 1 amide bonds. The van der Waals surface area contributed by atoms with Gasteiger partial charge in [0, 0.05) is 25.6 Å². The van der Waals surface area contributed by atoms with Crippen LogP contribution in [-0.4, -0.2) is 75.6 Å². The topological polar surface area (TPSA) is 73.2 Å². The highest BCUT2D eigenvalue weighted by Gasteiger charge is 2.51. The molecular weight excluding hydrogens is 296 g/mol. The number of carbonyl (C=O) groups excluding carboxylic acids is 1. The average Bonchev–Trinajstić information content (AvgIpc) is 2.29. The minimum absolute atomic E-state index is 0.0397. The summed E-state index contributed by atoms with van der Waals surface area (Å²) in [4.78, 5) is 15.7. The van der Waals surface area contributed by atoms with Crippen LogP contribution in [0.1, 0.15) is 41.5 Å². The van der Waals surface area contributed by atoms with Crippen molar-refractivity contribution in [3.05, 3.63) is 0 Å². The van der Waals surface area contributed by atoms with Gasteiger partial charge in [0.1, 0.15) is 11.2 Å². The molecule has 0 aromatic heterocycles. The van der Waals surface area contributed by atoms with Crippen molar-refractivity contribution in [3.63, 3.8) is 0 Å². The fraction of sp³-hybridized carbons (Fsp3) is 0.941. The van der Waals surface area contributed by atoms with E-state index in [0.717, 1.165) is 6.54 Å². The number of carbonyl (C=O) groups is 1. The van der Waals surface area contributed by atoms with Gasteiger partial charge < -0.3 is 19.8 Å². The largest absolute Gasteiger partial charge is 0.444 e. The van der Waals surface area contributed by atoms with Crippen LogP contribution in [-0.2, 0) is 4.74 Å². The molecule has 0 saturated carbocycles. The van der Waals surface area contributed by atoms with Crippen molar-refractivity contribution in [2.45, 2.75) is 58.3 Å². The van der Waals surface area contributed by atoms with E-state index in [1.165, 1.54) is 0 Å². The third-order valence-electron chi connectivity index (χ3n) is 5.10. The maximum Gasteiger partial charge on any atom is 0.410 e. The zero-order valence-corrected chi connectivity index (χ0v) is 15.3. The first-order valence-corrected chi connectivity index (χ1v) is 8.50. The molecule has 2 aliphatic rings. The van der Waals surface area contributed by atoms with Crippen LogP contribution in [0.3, 0.4) is 0 Å². The summed E-state index contributed by atoms with van der Waals surface area (Å²) < 4.78 is 5.31. The Balaban J connectivity index is 1.77. The number of amides is 1. The van der Waals surface area contributed by atoms with Crippen molar-refractivity contribution in [2.24, 2.45) is 11.8 Å². The summed E-state index contributed by atoms with van der Waals surface area (Å²) in [5, 5.41) is 21.0. The van der Waals surface area contributed by atoms with Gasteiger partial charge in [0.05, 0.1) is 18.7 Å². The second-order valence-corrected chi connectivity index (χ2v) is 8.77. The molecule has 2 N–H and O–H groups in total. The third kappa shape index (κ3) is 3.98. The van der Waals surface area contributed by atoms with Gasteiger partial charge in [-0.3, -0.25) is 4.90 Å². The average molecular weight is 328 g/mol. The van der Waals surface area contributed by atoms with E-state index < -0.39 is 16.8 Å². The lowest BCUT2D eigenvalue weighted by Gasteiger charge is -2.54. The van der Waals surface area contributed by atoms with E-state index in [2.05, 4.69) is 4.90 Å². The Morgan fingerprint density at radius 2 is 1.61 bits per heavy atom. The fourth-order valence-corrected chi connectivity index (χ4v) is 3.16. The summed E-state index contributed by atoms with van der Waals surface area (Å²) in [6, 6.07) is 0. The summed E-state index contributed by atoms with van der Waals surface area (Å²) in [7, 11) is 0. The zero-order chi connectivity index (χ0) is 17.6. The van der Waals surface area contributed by atoms with Gasteiger partial charge in [0.25, 0.3) is 0 Å². The summed E-state index contributed by atoms with van der Waals surface area (Å²) in [6.07, 6.45) is -0.368. The molecular formula is C17H32N2O4. The van der Waals surface area contributed by atoms with E-state index in [-0.39, 0.29) is 17.9 Å². The minimum Gasteiger partial charge on any atom is -0.444 e. The fourth-order valence-electron chi connectivity index (χ4n) is 3.16. The Labute approximate surface area is 139 Å². The molecule has 23 heavy (non-hydrogen) atoms. The van der Waals surface area contributed by atoms with E-state index in [9.17, 15) is 15.0 Å². The van der Waals surface area contributed by atoms with Gasteiger partial charge in [-0.05, 0) is 26.7 Å². The van der Waals surface area contributed by atoms with Crippen LogP contribution in [0.5, 0.6) is 0 Å². The maximum absolute atomic E-state index is 12.0. The van der Waals surface area contributed by atoms with E-state index in [0.29, 0.717) is 26.2 Å². The maximum atomic E-state index is 12.0. The van der Waals surface area contributed by atoms with Crippen molar-refractivity contribution >= 4 is 6.09 Å². The second kappa shape index (κ2) is 5.90. The van der Waals surface area contributed by atoms with Crippen molar-refractivity contribution in [2.75, 3.05) is 32.7 Å². The zero-order valence-electron chi connectivity index (χ0n) is 15.3. The molecule has 134 valence electrons. The number of rotatable bonds is 4. The smallest absolute Gasteiger partial charge is 0.410 e. The number of hydrogen-bond donors (Lipinski definition) is 2. The molecule has 1 unspecified atom stereocenters. The molecule has 1 atom stereocenters. The van der Waals surface area contributed by atoms with E-state index in [1.807, 2.05) is 41.5 Å². The van der Waals surface area contributed by atoms with Crippen LogP contribution in [0.2, 0.25) is 0 Å². The highest BCUT2D eigenvalue weighted by molar-refractivity contribution is 5.69. The SMILES string of the molecule is CC(C)C1(O)CN(CC(C)C2(O)CN(C(=O)OC(C)(C)C)C2)C1. The molecule has 0 aromatic carbocycles. The number of ether oxygens (including phenoxy) is 1. The lowest BCUT2D eigenvalue weighted by atomic mass is 9.78. The van der Waals surface area contributed by atoms with Gasteiger partial charge >= 0.3 is 6.09 Å². The molecule has 0 bridgehead atoms. The highest BCUT2D eigenvalue weighted by Crippen LogP contribution is 2.34. The molecule has 2 rings (SSSR count). The molecule has 0 aliphatic carbocycles. The predicted octanol–water partition coefficient (Wildman–Crippen LogP) is 1.31. The molecule has 0 spiro atoms. The lowest BCUT2D eigenvalue weighted by molar-refractivity contribution is -0.162.